The average Bonchev–Trinajstić information content (AvgIpc) is 3.35. The summed E-state index contributed by atoms with van der Waals surface area (Å²) in [6, 6.07) is 51.9. The van der Waals surface area contributed by atoms with Gasteiger partial charge in [0, 0.05) is 33.5 Å². The maximum absolute atomic E-state index is 6.99. The van der Waals surface area contributed by atoms with Gasteiger partial charge in [0.15, 0.2) is 0 Å². The lowest BCUT2D eigenvalue weighted by Gasteiger charge is -2.36. The molecule has 0 atom stereocenters. The molecule has 4 heteroatoms. The zero-order chi connectivity index (χ0) is 31.3. The number of rotatable bonds is 3. The van der Waals surface area contributed by atoms with Crippen LogP contribution in [0.25, 0.3) is 21.9 Å². The Morgan fingerprint density at radius 3 is 1.96 bits per heavy atom. The highest BCUT2D eigenvalue weighted by Gasteiger charge is 2.46. The predicted molar refractivity (Wildman–Crippen MR) is 194 cm³/mol. The molecule has 2 aliphatic heterocycles. The molecule has 0 fully saturated rings. The highest BCUT2D eigenvalue weighted by Crippen LogP contribution is 2.54. The van der Waals surface area contributed by atoms with Gasteiger partial charge >= 0.3 is 0 Å². The van der Waals surface area contributed by atoms with Crippen LogP contribution in [-0.2, 0) is 5.41 Å². The molecule has 7 aromatic rings. The molecule has 0 bridgehead atoms. The molecule has 0 radical (unpaired) electrons. The van der Waals surface area contributed by atoms with Crippen molar-refractivity contribution in [3.8, 4) is 34.1 Å². The minimum atomic E-state index is -0.299. The smallest absolute Gasteiger partial charge is 0.261 e. The minimum absolute atomic E-state index is 0.00632. The van der Waals surface area contributed by atoms with Gasteiger partial charge in [0.1, 0.15) is 23.0 Å². The largest absolute Gasteiger partial charge is 0.458 e. The second kappa shape index (κ2) is 9.64. The highest BCUT2D eigenvalue weighted by molar-refractivity contribution is 6.99. The molecule has 2 heterocycles. The van der Waals surface area contributed by atoms with Crippen LogP contribution in [0.15, 0.2) is 146 Å². The fourth-order valence-corrected chi connectivity index (χ4v) is 8.27. The lowest BCUT2D eigenvalue weighted by atomic mass is 9.34. The molecule has 1 aliphatic carbocycles. The van der Waals surface area contributed by atoms with Gasteiger partial charge in [-0.05, 0) is 93.0 Å². The van der Waals surface area contributed by atoms with E-state index in [2.05, 4.69) is 158 Å². The first kappa shape index (κ1) is 26.5. The first-order valence-electron chi connectivity index (χ1n) is 16.3. The van der Waals surface area contributed by atoms with E-state index in [0.29, 0.717) is 0 Å². The summed E-state index contributed by atoms with van der Waals surface area (Å²) < 4.78 is 13.5. The first-order chi connectivity index (χ1) is 23.1. The Morgan fingerprint density at radius 1 is 0.532 bits per heavy atom. The molecule has 0 saturated carbocycles. The summed E-state index contributed by atoms with van der Waals surface area (Å²) in [6.07, 6.45) is 0. The number of benzene rings is 7. The average molecular weight is 604 g/mol. The normalized spacial score (nSPS) is 14.2. The summed E-state index contributed by atoms with van der Waals surface area (Å²) in [5.41, 5.74) is 11.7. The molecule has 0 unspecified atom stereocenters. The van der Waals surface area contributed by atoms with Crippen LogP contribution in [0.2, 0.25) is 0 Å². The maximum Gasteiger partial charge on any atom is 0.261 e. The van der Waals surface area contributed by atoms with Gasteiger partial charge in [-0.25, -0.2) is 0 Å². The van der Waals surface area contributed by atoms with Crippen molar-refractivity contribution in [1.29, 1.82) is 0 Å². The van der Waals surface area contributed by atoms with Crippen LogP contribution in [0, 0.1) is 0 Å². The molecule has 0 spiro atoms. The standard InChI is InChI=1S/C43H30BNO2/c1-43(2)34-26-30(45(28-13-5-3-6-14-28)29-15-7-4-8-16-29)21-22-32(34)33-23-24-35-42(39(33)43)47-37-19-11-18-36-41(37)44(35)40-31-17-10-9-12-27(31)20-25-38(40)46-36/h3-26H,1-2H3. The topological polar surface area (TPSA) is 21.7 Å². The summed E-state index contributed by atoms with van der Waals surface area (Å²) in [4.78, 5) is 2.34. The number of fused-ring (bicyclic) bond motifs is 10. The summed E-state index contributed by atoms with van der Waals surface area (Å²) in [6.45, 7) is 4.70. The molecule has 3 nitrogen and oxygen atoms in total. The van der Waals surface area contributed by atoms with Gasteiger partial charge in [0.25, 0.3) is 6.71 Å². The van der Waals surface area contributed by atoms with E-state index in [0.717, 1.165) is 45.5 Å². The van der Waals surface area contributed by atoms with Crippen molar-refractivity contribution in [2.75, 3.05) is 4.90 Å². The lowest BCUT2D eigenvalue weighted by Crippen LogP contribution is -2.58. The molecule has 222 valence electrons. The molecule has 3 aliphatic rings. The summed E-state index contributed by atoms with van der Waals surface area (Å²) >= 11 is 0. The Morgan fingerprint density at radius 2 is 1.19 bits per heavy atom. The number of ether oxygens (including phenoxy) is 2. The zero-order valence-corrected chi connectivity index (χ0v) is 26.2. The molecule has 47 heavy (non-hydrogen) atoms. The van der Waals surface area contributed by atoms with Gasteiger partial charge in [0.2, 0.25) is 0 Å². The van der Waals surface area contributed by atoms with Crippen LogP contribution in [-0.4, -0.2) is 6.71 Å². The van der Waals surface area contributed by atoms with Gasteiger partial charge in [0.05, 0.1) is 0 Å². The Hall–Kier alpha value is -5.74. The summed E-state index contributed by atoms with van der Waals surface area (Å²) in [7, 11) is 0. The van der Waals surface area contributed by atoms with Crippen molar-refractivity contribution < 1.29 is 9.47 Å². The Bertz CT molecular complexity index is 2360. The molecule has 0 amide bonds. The molecule has 7 aromatic carbocycles. The fourth-order valence-electron chi connectivity index (χ4n) is 8.27. The van der Waals surface area contributed by atoms with E-state index in [4.69, 9.17) is 9.47 Å². The van der Waals surface area contributed by atoms with Crippen LogP contribution in [0.4, 0.5) is 17.1 Å². The van der Waals surface area contributed by atoms with Gasteiger partial charge < -0.3 is 14.4 Å². The third kappa shape index (κ3) is 3.70. The van der Waals surface area contributed by atoms with E-state index in [1.54, 1.807) is 0 Å². The minimum Gasteiger partial charge on any atom is -0.458 e. The van der Waals surface area contributed by atoms with E-state index >= 15 is 0 Å². The number of hydrogen-bond donors (Lipinski definition) is 0. The van der Waals surface area contributed by atoms with Crippen molar-refractivity contribution >= 4 is 50.9 Å². The second-order valence-corrected chi connectivity index (χ2v) is 13.3. The van der Waals surface area contributed by atoms with Crippen LogP contribution in [0.3, 0.4) is 0 Å². The number of hydrogen-bond acceptors (Lipinski definition) is 3. The SMILES string of the molecule is CC1(C)c2cc(N(c3ccccc3)c3ccccc3)ccc2-c2ccc3c(c21)Oc1cccc2c1B3c1c(ccc3ccccc13)O2. The number of para-hydroxylation sites is 2. The van der Waals surface area contributed by atoms with Crippen molar-refractivity contribution in [2.45, 2.75) is 19.3 Å². The van der Waals surface area contributed by atoms with E-state index in [1.165, 1.54) is 44.0 Å². The molecule has 10 rings (SSSR count). The van der Waals surface area contributed by atoms with Crippen molar-refractivity contribution in [1.82, 2.24) is 0 Å². The highest BCUT2D eigenvalue weighted by atomic mass is 16.5. The van der Waals surface area contributed by atoms with E-state index in [-0.39, 0.29) is 12.1 Å². The van der Waals surface area contributed by atoms with Crippen LogP contribution in [0.5, 0.6) is 23.0 Å². The quantitative estimate of drug-likeness (QED) is 0.188. The predicted octanol–water partition coefficient (Wildman–Crippen LogP) is 9.34. The Kier molecular flexibility index (Phi) is 5.43. The van der Waals surface area contributed by atoms with Crippen LogP contribution < -0.4 is 30.8 Å². The maximum atomic E-state index is 6.99. The van der Waals surface area contributed by atoms with Gasteiger partial charge in [-0.15, -0.1) is 0 Å². The van der Waals surface area contributed by atoms with E-state index in [9.17, 15) is 0 Å². The Labute approximate surface area is 274 Å². The third-order valence-corrected chi connectivity index (χ3v) is 10.3. The fraction of sp³-hybridized carbons (Fsp3) is 0.0698. The first-order valence-corrected chi connectivity index (χ1v) is 16.3. The van der Waals surface area contributed by atoms with E-state index < -0.39 is 0 Å². The van der Waals surface area contributed by atoms with Gasteiger partial charge in [-0.2, -0.15) is 0 Å². The summed E-state index contributed by atoms with van der Waals surface area (Å²) in [5, 5.41) is 2.43. The monoisotopic (exact) mass is 603 g/mol. The van der Waals surface area contributed by atoms with E-state index in [1.807, 2.05) is 6.07 Å². The number of nitrogens with zero attached hydrogens (tertiary/aromatic N) is 1. The molecule has 0 N–H and O–H groups in total. The van der Waals surface area contributed by atoms with Gasteiger partial charge in [-0.1, -0.05) is 105 Å². The Balaban J connectivity index is 1.17. The zero-order valence-electron chi connectivity index (χ0n) is 26.2. The van der Waals surface area contributed by atoms with Gasteiger partial charge in [-0.3, -0.25) is 0 Å². The molecular formula is C43H30BNO2. The molecular weight excluding hydrogens is 573 g/mol. The molecule has 0 aromatic heterocycles. The van der Waals surface area contributed by atoms with Crippen LogP contribution >= 0.6 is 0 Å². The van der Waals surface area contributed by atoms with Crippen molar-refractivity contribution in [3.05, 3.63) is 157 Å². The van der Waals surface area contributed by atoms with Crippen molar-refractivity contribution in [3.63, 3.8) is 0 Å². The lowest BCUT2D eigenvalue weighted by molar-refractivity contribution is 0.455. The van der Waals surface area contributed by atoms with Crippen LogP contribution in [0.1, 0.15) is 25.0 Å². The third-order valence-electron chi connectivity index (χ3n) is 10.3. The molecule has 0 saturated heterocycles. The summed E-state index contributed by atoms with van der Waals surface area (Å²) in [5.74, 6) is 3.64. The second-order valence-electron chi connectivity index (χ2n) is 13.3. The van der Waals surface area contributed by atoms with Crippen molar-refractivity contribution in [2.24, 2.45) is 0 Å². The number of anilines is 3.